The van der Waals surface area contributed by atoms with Crippen LogP contribution >= 0.6 is 0 Å². The molecule has 2 rings (SSSR count). The van der Waals surface area contributed by atoms with Crippen molar-refractivity contribution in [1.29, 1.82) is 0 Å². The SMILES string of the molecule is CCCc1nc(-c2ccccc2)no1. The van der Waals surface area contributed by atoms with E-state index in [2.05, 4.69) is 17.1 Å². The van der Waals surface area contributed by atoms with Crippen molar-refractivity contribution in [2.24, 2.45) is 0 Å². The van der Waals surface area contributed by atoms with E-state index in [1.54, 1.807) is 0 Å². The molecule has 0 amide bonds. The van der Waals surface area contributed by atoms with E-state index in [0.717, 1.165) is 18.4 Å². The summed E-state index contributed by atoms with van der Waals surface area (Å²) in [5.41, 5.74) is 0.999. The van der Waals surface area contributed by atoms with Gasteiger partial charge < -0.3 is 4.52 Å². The van der Waals surface area contributed by atoms with Crippen LogP contribution in [0.3, 0.4) is 0 Å². The van der Waals surface area contributed by atoms with Crippen molar-refractivity contribution in [2.45, 2.75) is 19.8 Å². The molecule has 14 heavy (non-hydrogen) atoms. The average Bonchev–Trinajstić information content (AvgIpc) is 2.68. The van der Waals surface area contributed by atoms with Crippen molar-refractivity contribution in [2.75, 3.05) is 0 Å². The standard InChI is InChI=1S/C11H12N2O/c1-2-6-10-12-11(13-14-10)9-7-4-3-5-8-9/h3-5,7-8H,2,6H2,1H3. The third-order valence-electron chi connectivity index (χ3n) is 1.96. The van der Waals surface area contributed by atoms with Crippen LogP contribution in [-0.2, 0) is 6.42 Å². The number of rotatable bonds is 3. The number of nitrogens with zero attached hydrogens (tertiary/aromatic N) is 2. The highest BCUT2D eigenvalue weighted by Gasteiger charge is 2.06. The minimum absolute atomic E-state index is 0.675. The summed E-state index contributed by atoms with van der Waals surface area (Å²) in [7, 11) is 0. The van der Waals surface area contributed by atoms with Gasteiger partial charge in [-0.2, -0.15) is 4.98 Å². The van der Waals surface area contributed by atoms with Crippen LogP contribution in [0.2, 0.25) is 0 Å². The first-order valence-electron chi connectivity index (χ1n) is 4.78. The smallest absolute Gasteiger partial charge is 0.226 e. The molecule has 0 radical (unpaired) electrons. The summed E-state index contributed by atoms with van der Waals surface area (Å²) in [6.45, 7) is 2.09. The number of aryl methyl sites for hydroxylation is 1. The van der Waals surface area contributed by atoms with Crippen LogP contribution < -0.4 is 0 Å². The Morgan fingerprint density at radius 3 is 2.71 bits per heavy atom. The molecule has 0 atom stereocenters. The van der Waals surface area contributed by atoms with Crippen molar-refractivity contribution in [1.82, 2.24) is 10.1 Å². The largest absolute Gasteiger partial charge is 0.339 e. The Hall–Kier alpha value is -1.64. The summed E-state index contributed by atoms with van der Waals surface area (Å²) in [5, 5.41) is 3.92. The molecule has 2 aromatic rings. The molecule has 3 nitrogen and oxygen atoms in total. The van der Waals surface area contributed by atoms with Crippen LogP contribution in [0.1, 0.15) is 19.2 Å². The van der Waals surface area contributed by atoms with Gasteiger partial charge in [0.05, 0.1) is 0 Å². The van der Waals surface area contributed by atoms with E-state index in [4.69, 9.17) is 4.52 Å². The number of hydrogen-bond donors (Lipinski definition) is 0. The van der Waals surface area contributed by atoms with Gasteiger partial charge in [-0.3, -0.25) is 0 Å². The number of benzene rings is 1. The Balaban J connectivity index is 2.25. The summed E-state index contributed by atoms with van der Waals surface area (Å²) < 4.78 is 5.10. The van der Waals surface area contributed by atoms with Gasteiger partial charge in [0, 0.05) is 12.0 Å². The molecule has 0 fully saturated rings. The molecule has 0 spiro atoms. The molecule has 0 aliphatic rings. The molecule has 0 N–H and O–H groups in total. The second-order valence-electron chi connectivity index (χ2n) is 3.13. The normalized spacial score (nSPS) is 10.4. The molecule has 3 heteroatoms. The van der Waals surface area contributed by atoms with E-state index in [-0.39, 0.29) is 0 Å². The van der Waals surface area contributed by atoms with E-state index in [9.17, 15) is 0 Å². The van der Waals surface area contributed by atoms with Crippen LogP contribution in [-0.4, -0.2) is 10.1 Å². The summed E-state index contributed by atoms with van der Waals surface area (Å²) in [4.78, 5) is 4.29. The molecule has 0 unspecified atom stereocenters. The zero-order valence-electron chi connectivity index (χ0n) is 8.10. The van der Waals surface area contributed by atoms with Crippen molar-refractivity contribution in [3.05, 3.63) is 36.2 Å². The molecular weight excluding hydrogens is 176 g/mol. The van der Waals surface area contributed by atoms with E-state index in [1.165, 1.54) is 0 Å². The van der Waals surface area contributed by atoms with Gasteiger partial charge in [-0.1, -0.05) is 42.4 Å². The Kier molecular flexibility index (Phi) is 2.58. The molecule has 0 aliphatic carbocycles. The van der Waals surface area contributed by atoms with Gasteiger partial charge in [0.1, 0.15) is 0 Å². The van der Waals surface area contributed by atoms with Crippen LogP contribution in [0, 0.1) is 0 Å². The van der Waals surface area contributed by atoms with Crippen molar-refractivity contribution in [3.8, 4) is 11.4 Å². The second-order valence-corrected chi connectivity index (χ2v) is 3.13. The number of hydrogen-bond acceptors (Lipinski definition) is 3. The highest BCUT2D eigenvalue weighted by molar-refractivity contribution is 5.53. The molecule has 0 saturated carbocycles. The third kappa shape index (κ3) is 1.82. The lowest BCUT2D eigenvalue weighted by atomic mass is 10.2. The molecule has 72 valence electrons. The summed E-state index contributed by atoms with van der Waals surface area (Å²) in [6.07, 6.45) is 1.87. The quantitative estimate of drug-likeness (QED) is 0.743. The highest BCUT2D eigenvalue weighted by atomic mass is 16.5. The fourth-order valence-electron chi connectivity index (χ4n) is 1.27. The van der Waals surface area contributed by atoms with Crippen molar-refractivity contribution in [3.63, 3.8) is 0 Å². The first-order chi connectivity index (χ1) is 6.90. The maximum Gasteiger partial charge on any atom is 0.226 e. The monoisotopic (exact) mass is 188 g/mol. The molecule has 0 saturated heterocycles. The topological polar surface area (TPSA) is 38.9 Å². The van der Waals surface area contributed by atoms with Crippen LogP contribution in [0.4, 0.5) is 0 Å². The molecule has 1 aromatic carbocycles. The first kappa shape index (κ1) is 8.94. The molecule has 0 aliphatic heterocycles. The Labute approximate surface area is 82.8 Å². The van der Waals surface area contributed by atoms with Gasteiger partial charge in [0.2, 0.25) is 11.7 Å². The van der Waals surface area contributed by atoms with Gasteiger partial charge >= 0.3 is 0 Å². The molecular formula is C11H12N2O. The zero-order valence-corrected chi connectivity index (χ0v) is 8.10. The Bertz CT molecular complexity index is 395. The minimum Gasteiger partial charge on any atom is -0.339 e. The summed E-state index contributed by atoms with van der Waals surface area (Å²) in [5.74, 6) is 1.39. The van der Waals surface area contributed by atoms with E-state index < -0.39 is 0 Å². The predicted octanol–water partition coefficient (Wildman–Crippen LogP) is 2.69. The molecule has 0 bridgehead atoms. The Morgan fingerprint density at radius 2 is 2.00 bits per heavy atom. The lowest BCUT2D eigenvalue weighted by Gasteiger charge is -1.90. The summed E-state index contributed by atoms with van der Waals surface area (Å²) in [6, 6.07) is 9.84. The van der Waals surface area contributed by atoms with E-state index in [0.29, 0.717) is 11.7 Å². The fourth-order valence-corrected chi connectivity index (χ4v) is 1.27. The number of aromatic nitrogens is 2. The third-order valence-corrected chi connectivity index (χ3v) is 1.96. The van der Waals surface area contributed by atoms with Crippen molar-refractivity contribution >= 4 is 0 Å². The maximum absolute atomic E-state index is 5.10. The van der Waals surface area contributed by atoms with Crippen LogP contribution in [0.15, 0.2) is 34.9 Å². The lowest BCUT2D eigenvalue weighted by molar-refractivity contribution is 0.378. The van der Waals surface area contributed by atoms with Gasteiger partial charge in [-0.05, 0) is 6.42 Å². The zero-order chi connectivity index (χ0) is 9.80. The lowest BCUT2D eigenvalue weighted by Crippen LogP contribution is -1.83. The summed E-state index contributed by atoms with van der Waals surface area (Å²) >= 11 is 0. The minimum atomic E-state index is 0.675. The van der Waals surface area contributed by atoms with Crippen molar-refractivity contribution < 1.29 is 4.52 Å². The first-order valence-corrected chi connectivity index (χ1v) is 4.78. The maximum atomic E-state index is 5.10. The highest BCUT2D eigenvalue weighted by Crippen LogP contribution is 2.14. The average molecular weight is 188 g/mol. The van der Waals surface area contributed by atoms with Crippen LogP contribution in [0.5, 0.6) is 0 Å². The van der Waals surface area contributed by atoms with Gasteiger partial charge in [0.25, 0.3) is 0 Å². The van der Waals surface area contributed by atoms with Gasteiger partial charge in [0.15, 0.2) is 0 Å². The van der Waals surface area contributed by atoms with Crippen LogP contribution in [0.25, 0.3) is 11.4 Å². The van der Waals surface area contributed by atoms with E-state index in [1.807, 2.05) is 30.3 Å². The molecule has 1 aromatic heterocycles. The predicted molar refractivity (Wildman–Crippen MR) is 53.7 cm³/mol. The van der Waals surface area contributed by atoms with Gasteiger partial charge in [-0.15, -0.1) is 0 Å². The van der Waals surface area contributed by atoms with Gasteiger partial charge in [-0.25, -0.2) is 0 Å². The second kappa shape index (κ2) is 4.05. The fraction of sp³-hybridized carbons (Fsp3) is 0.273. The van der Waals surface area contributed by atoms with E-state index >= 15 is 0 Å². The Morgan fingerprint density at radius 1 is 1.21 bits per heavy atom. The molecule has 1 heterocycles.